The maximum Gasteiger partial charge on any atom is 0.347 e. The normalized spacial score (nSPS) is 20.5. The second kappa shape index (κ2) is 14.9. The number of allylic oxidation sites excluding steroid dienone is 2. The monoisotopic (exact) mass is 861 g/mol. The van der Waals surface area contributed by atoms with Gasteiger partial charge in [-0.3, -0.25) is 19.8 Å². The van der Waals surface area contributed by atoms with Crippen molar-refractivity contribution < 1.29 is 28.6 Å². The largest absolute Gasteiger partial charge is 0.507 e. The highest BCUT2D eigenvalue weighted by atomic mass is 35.5. The van der Waals surface area contributed by atoms with Crippen LogP contribution in [0.4, 0.5) is 10.1 Å². The van der Waals surface area contributed by atoms with Crippen molar-refractivity contribution in [3.63, 3.8) is 0 Å². The summed E-state index contributed by atoms with van der Waals surface area (Å²) in [5, 5.41) is 12.3. The number of fused-ring (bicyclic) bond motifs is 5. The van der Waals surface area contributed by atoms with E-state index in [4.69, 9.17) is 21.1 Å². The molecule has 2 fully saturated rings. The second-order valence-electron chi connectivity index (χ2n) is 15.9. The van der Waals surface area contributed by atoms with Gasteiger partial charge in [-0.25, -0.2) is 32.9 Å². The number of hydrogen-bond acceptors (Lipinski definition) is 10. The molecule has 1 saturated heterocycles. The maximum atomic E-state index is 15.4. The molecule has 2 aromatic heterocycles. The van der Waals surface area contributed by atoms with E-state index in [0.717, 1.165) is 9.58 Å². The van der Waals surface area contributed by atoms with Crippen LogP contribution in [-0.2, 0) is 41.6 Å². The maximum absolute atomic E-state index is 15.4. The van der Waals surface area contributed by atoms with E-state index in [1.165, 1.54) is 52.4 Å². The van der Waals surface area contributed by atoms with Crippen molar-refractivity contribution in [3.8, 4) is 17.2 Å². The van der Waals surface area contributed by atoms with Gasteiger partial charge in [-0.05, 0) is 84.5 Å². The van der Waals surface area contributed by atoms with Crippen molar-refractivity contribution in [2.45, 2.75) is 57.2 Å². The molecule has 15 nitrogen and oxygen atoms in total. The molecule has 62 heavy (non-hydrogen) atoms. The molecule has 0 unspecified atom stereocenters. The van der Waals surface area contributed by atoms with Crippen molar-refractivity contribution in [1.29, 1.82) is 0 Å². The smallest absolute Gasteiger partial charge is 0.347 e. The van der Waals surface area contributed by atoms with Crippen LogP contribution in [0.5, 0.6) is 17.2 Å². The number of imide groups is 1. The van der Waals surface area contributed by atoms with Crippen LogP contribution in [0.25, 0.3) is 11.0 Å². The number of nitrogens with zero attached hydrogens (tertiary/aromatic N) is 6. The summed E-state index contributed by atoms with van der Waals surface area (Å²) in [6.07, 6.45) is 1.71. The summed E-state index contributed by atoms with van der Waals surface area (Å²) < 4.78 is 30.0. The highest BCUT2D eigenvalue weighted by molar-refractivity contribution is 6.30. The molecular weight excluding hydrogens is 821 g/mol. The van der Waals surface area contributed by atoms with Crippen LogP contribution < -0.4 is 31.8 Å². The number of carbonyl (C=O) groups excluding carboxylic acids is 2. The fourth-order valence-electron chi connectivity index (χ4n) is 9.78. The molecule has 6 aromatic rings. The van der Waals surface area contributed by atoms with Gasteiger partial charge in [0.25, 0.3) is 17.4 Å². The summed E-state index contributed by atoms with van der Waals surface area (Å²) in [5.41, 5.74) is 3.77. The zero-order valence-electron chi connectivity index (χ0n) is 34.3. The number of hydrazine groups is 1. The number of amides is 2. The summed E-state index contributed by atoms with van der Waals surface area (Å²) >= 11 is 6.40. The number of carbonyl (C=O) groups is 2. The summed E-state index contributed by atoms with van der Waals surface area (Å²) in [6, 6.07) is 17.9. The van der Waals surface area contributed by atoms with Crippen molar-refractivity contribution in [1.82, 2.24) is 28.5 Å². The lowest BCUT2D eigenvalue weighted by molar-refractivity contribution is -0.138. The molecule has 0 bridgehead atoms. The van der Waals surface area contributed by atoms with Crippen LogP contribution in [-0.4, -0.2) is 59.6 Å². The van der Waals surface area contributed by atoms with Gasteiger partial charge in [0.05, 0.1) is 54.9 Å². The number of methoxy groups -OCH3 is 2. The quantitative estimate of drug-likeness (QED) is 0.148. The SMILES string of the molecule is COc1cc2nc(CCn3c(=O)n4n(c3=O)[C@@H]3C[C@H]5C(=O)N(Nc6ccc(F)cc6)C(=O)[C@@]5(c5ccc(Cl)cc5)[C@@H](c5cc(C)c(O)c(C)c5)C3=CC4)c(=O)n(C)c2cc1OC. The third-order valence-corrected chi connectivity index (χ3v) is 12.9. The molecule has 0 radical (unpaired) electrons. The molecule has 2 amide bonds. The molecular formula is C45H41ClFN7O8. The molecule has 4 atom stereocenters. The number of nitrogens with one attached hydrogen (secondary N) is 1. The average Bonchev–Trinajstić information content (AvgIpc) is 3.63. The number of benzene rings is 4. The third-order valence-electron chi connectivity index (χ3n) is 12.7. The number of hydrogen-bond donors (Lipinski definition) is 2. The number of halogens is 2. The van der Waals surface area contributed by atoms with Crippen molar-refractivity contribution in [2.75, 3.05) is 19.6 Å². The van der Waals surface area contributed by atoms with Gasteiger partial charge in [0.15, 0.2) is 11.5 Å². The molecule has 2 aliphatic heterocycles. The molecule has 1 saturated carbocycles. The first-order valence-corrected chi connectivity index (χ1v) is 20.3. The van der Waals surface area contributed by atoms with Gasteiger partial charge in [0, 0.05) is 43.1 Å². The van der Waals surface area contributed by atoms with E-state index in [1.807, 2.05) is 6.08 Å². The Morgan fingerprint density at radius 2 is 1.58 bits per heavy atom. The Hall–Kier alpha value is -6.94. The van der Waals surface area contributed by atoms with Gasteiger partial charge in [-0.15, -0.1) is 0 Å². The summed E-state index contributed by atoms with van der Waals surface area (Å²) in [5.74, 6) is -2.79. The van der Waals surface area contributed by atoms with Gasteiger partial charge >= 0.3 is 11.4 Å². The molecule has 1 aliphatic carbocycles. The fourth-order valence-corrected chi connectivity index (χ4v) is 9.90. The molecule has 4 aromatic carbocycles. The molecule has 17 heteroatoms. The second-order valence-corrected chi connectivity index (χ2v) is 16.4. The highest BCUT2D eigenvalue weighted by Gasteiger charge is 2.68. The summed E-state index contributed by atoms with van der Waals surface area (Å²) in [7, 11) is 4.57. The van der Waals surface area contributed by atoms with Gasteiger partial charge in [-0.2, -0.15) is 5.01 Å². The number of aryl methyl sites for hydroxylation is 4. The molecule has 3 aliphatic rings. The van der Waals surface area contributed by atoms with Crippen LogP contribution in [0, 0.1) is 25.6 Å². The number of phenols is 1. The van der Waals surface area contributed by atoms with E-state index >= 15 is 4.79 Å². The van der Waals surface area contributed by atoms with Crippen LogP contribution in [0.1, 0.15) is 46.3 Å². The van der Waals surface area contributed by atoms with E-state index < -0.39 is 57.9 Å². The Balaban J connectivity index is 1.18. The molecule has 9 rings (SSSR count). The van der Waals surface area contributed by atoms with Crippen LogP contribution in [0.2, 0.25) is 5.02 Å². The van der Waals surface area contributed by atoms with Crippen LogP contribution in [0.15, 0.2) is 98.8 Å². The highest BCUT2D eigenvalue weighted by Crippen LogP contribution is 2.62. The third kappa shape index (κ3) is 5.98. The first-order valence-electron chi connectivity index (χ1n) is 19.9. The van der Waals surface area contributed by atoms with Crippen LogP contribution >= 0.6 is 11.6 Å². The number of aromatic hydroxyl groups is 1. The molecule has 0 spiro atoms. The number of anilines is 1. The Morgan fingerprint density at radius 3 is 2.24 bits per heavy atom. The minimum Gasteiger partial charge on any atom is -0.507 e. The van der Waals surface area contributed by atoms with Crippen molar-refractivity contribution >= 4 is 40.1 Å². The number of aromatic nitrogens is 5. The lowest BCUT2D eigenvalue weighted by Crippen LogP contribution is -2.53. The van der Waals surface area contributed by atoms with E-state index in [0.29, 0.717) is 61.1 Å². The van der Waals surface area contributed by atoms with Crippen molar-refractivity contribution in [2.24, 2.45) is 13.0 Å². The predicted molar refractivity (Wildman–Crippen MR) is 227 cm³/mol. The van der Waals surface area contributed by atoms with Crippen molar-refractivity contribution in [3.05, 3.63) is 155 Å². The van der Waals surface area contributed by atoms with E-state index in [9.17, 15) is 28.7 Å². The lowest BCUT2D eigenvalue weighted by atomic mass is 9.53. The molecule has 4 heterocycles. The number of ether oxygens (including phenoxy) is 2. The van der Waals surface area contributed by atoms with Gasteiger partial charge in [-0.1, -0.05) is 41.9 Å². The van der Waals surface area contributed by atoms with E-state index in [2.05, 4.69) is 10.4 Å². The number of rotatable bonds is 9. The Morgan fingerprint density at radius 1 is 0.919 bits per heavy atom. The Kier molecular flexibility index (Phi) is 9.73. The van der Waals surface area contributed by atoms with E-state index in [1.54, 1.807) is 69.4 Å². The number of phenolic OH excluding ortho intramolecular Hbond substituents is 1. The molecule has 318 valence electrons. The zero-order valence-corrected chi connectivity index (χ0v) is 35.1. The fraction of sp³-hybridized carbons (Fsp3) is 0.289. The summed E-state index contributed by atoms with van der Waals surface area (Å²) in [6.45, 7) is 3.26. The summed E-state index contributed by atoms with van der Waals surface area (Å²) in [4.78, 5) is 77.4. The van der Waals surface area contributed by atoms with Gasteiger partial charge in [0.2, 0.25) is 0 Å². The van der Waals surface area contributed by atoms with Gasteiger partial charge < -0.3 is 19.1 Å². The molecule has 2 N–H and O–H groups in total. The average molecular weight is 862 g/mol. The van der Waals surface area contributed by atoms with Crippen LogP contribution in [0.3, 0.4) is 0 Å². The van der Waals surface area contributed by atoms with E-state index in [-0.39, 0.29) is 37.4 Å². The minimum absolute atomic E-state index is 0.0435. The Labute approximate surface area is 357 Å². The van der Waals surface area contributed by atoms with Gasteiger partial charge in [0.1, 0.15) is 17.3 Å². The first kappa shape index (κ1) is 40.5. The standard InChI is InChI=1S/C45H41ClFN7O8/c1-23-18-25(19-24(2)39(23)55)38-30-14-17-52-43(59)51(16-15-32-41(57)50(3)35-22-37(62-5)36(61-4)21-33(35)48-32)44(60)54(52)34(30)20-31-40(56)53(49-29-12-10-28(47)11-13-29)42(58)45(31,38)26-6-8-27(46)9-7-26/h6-14,18-19,21-22,31,34,38,49,55H,15-17,20H2,1-5H3/t31-,34+,38-,45+/m0/s1. The lowest BCUT2D eigenvalue weighted by Gasteiger charge is -2.49. The topological polar surface area (TPSA) is 172 Å². The minimum atomic E-state index is -1.62. The first-order chi connectivity index (χ1) is 29.7. The zero-order chi connectivity index (χ0) is 43.9. The predicted octanol–water partition coefficient (Wildman–Crippen LogP) is 5.05. The Bertz CT molecular complexity index is 3060.